The molecule has 0 unspecified atom stereocenters. The third-order valence-corrected chi connectivity index (χ3v) is 3.44. The van der Waals surface area contributed by atoms with E-state index in [2.05, 4.69) is 42.5 Å². The van der Waals surface area contributed by atoms with E-state index in [9.17, 15) is 9.18 Å². The highest BCUT2D eigenvalue weighted by Crippen LogP contribution is 2.21. The van der Waals surface area contributed by atoms with Gasteiger partial charge in [-0.2, -0.15) is 9.37 Å². The summed E-state index contributed by atoms with van der Waals surface area (Å²) in [6.07, 6.45) is 4.22. The van der Waals surface area contributed by atoms with Gasteiger partial charge in [-0.15, -0.1) is 6.58 Å². The van der Waals surface area contributed by atoms with Gasteiger partial charge < -0.3 is 21.7 Å². The molecule has 0 radical (unpaired) electrons. The molecular weight excluding hydrogens is 363 g/mol. The van der Waals surface area contributed by atoms with E-state index in [4.69, 9.17) is 5.73 Å². The summed E-state index contributed by atoms with van der Waals surface area (Å²) >= 11 is 0. The Morgan fingerprint density at radius 2 is 2.00 bits per heavy atom. The molecule has 0 aliphatic carbocycles. The van der Waals surface area contributed by atoms with Crippen LogP contribution in [0.2, 0.25) is 0 Å². The number of nitrogen functional groups attached to an aromatic ring is 1. The van der Waals surface area contributed by atoms with Gasteiger partial charge in [0.15, 0.2) is 0 Å². The predicted octanol–water partition coefficient (Wildman–Crippen LogP) is 2.39. The fraction of sp³-hybridized carbons (Fsp3) is 0.0556. The molecule has 1 amide bonds. The summed E-state index contributed by atoms with van der Waals surface area (Å²) in [5.41, 5.74) is 6.38. The lowest BCUT2D eigenvalue weighted by Crippen LogP contribution is -2.25. The molecule has 0 aromatic carbocycles. The molecule has 3 rings (SSSR count). The number of nitrogens with zero attached hydrogens (tertiary/aromatic N) is 4. The standard InChI is InChI=1S/C18H17FN8O/c1-2-8-21-17(28)12-10-23-18(24-11-6-7-13(19)22-9-11)27-16(12)26-15-5-3-4-14(20)25-15/h2-7,9-10H,1,8H2,(H,21,28)(H4,20,23,24,25,26,27). The molecule has 0 fully saturated rings. The number of amides is 1. The molecule has 0 bridgehead atoms. The molecule has 0 saturated heterocycles. The van der Waals surface area contributed by atoms with Crippen LogP contribution in [-0.4, -0.2) is 32.4 Å². The fourth-order valence-electron chi connectivity index (χ4n) is 2.18. The lowest BCUT2D eigenvalue weighted by atomic mass is 10.2. The smallest absolute Gasteiger partial charge is 0.256 e. The van der Waals surface area contributed by atoms with Crippen LogP contribution in [0, 0.1) is 5.95 Å². The van der Waals surface area contributed by atoms with E-state index >= 15 is 0 Å². The van der Waals surface area contributed by atoms with Crippen molar-refractivity contribution in [2.24, 2.45) is 0 Å². The highest BCUT2D eigenvalue weighted by Gasteiger charge is 2.15. The molecule has 9 nitrogen and oxygen atoms in total. The monoisotopic (exact) mass is 380 g/mol. The minimum absolute atomic E-state index is 0.181. The molecule has 28 heavy (non-hydrogen) atoms. The highest BCUT2D eigenvalue weighted by atomic mass is 19.1. The van der Waals surface area contributed by atoms with Crippen LogP contribution < -0.4 is 21.7 Å². The van der Waals surface area contributed by atoms with Crippen LogP contribution in [0.25, 0.3) is 0 Å². The SMILES string of the molecule is C=CCNC(=O)c1cnc(Nc2ccc(F)nc2)nc1Nc1cccc(N)n1. The first kappa shape index (κ1) is 18.7. The summed E-state index contributed by atoms with van der Waals surface area (Å²) in [6, 6.07) is 7.73. The number of nitrogens with one attached hydrogen (secondary N) is 3. The molecule has 0 aliphatic heterocycles. The zero-order valence-corrected chi connectivity index (χ0v) is 14.7. The molecule has 10 heteroatoms. The summed E-state index contributed by atoms with van der Waals surface area (Å²) in [4.78, 5) is 28.5. The van der Waals surface area contributed by atoms with Gasteiger partial charge >= 0.3 is 0 Å². The number of carbonyl (C=O) groups is 1. The van der Waals surface area contributed by atoms with Crippen molar-refractivity contribution in [3.8, 4) is 0 Å². The summed E-state index contributed by atoms with van der Waals surface area (Å²) in [7, 11) is 0. The summed E-state index contributed by atoms with van der Waals surface area (Å²) < 4.78 is 13.0. The molecule has 0 saturated carbocycles. The average Bonchev–Trinajstić information content (AvgIpc) is 2.68. The predicted molar refractivity (Wildman–Crippen MR) is 104 cm³/mol. The van der Waals surface area contributed by atoms with Crippen LogP contribution in [0.4, 0.5) is 33.5 Å². The molecule has 5 N–H and O–H groups in total. The van der Waals surface area contributed by atoms with Gasteiger partial charge in [0.05, 0.1) is 11.9 Å². The maximum Gasteiger partial charge on any atom is 0.256 e. The zero-order valence-electron chi connectivity index (χ0n) is 14.7. The third-order valence-electron chi connectivity index (χ3n) is 3.44. The van der Waals surface area contributed by atoms with E-state index in [0.717, 1.165) is 0 Å². The van der Waals surface area contributed by atoms with Crippen LogP contribution in [0.5, 0.6) is 0 Å². The Morgan fingerprint density at radius 1 is 1.14 bits per heavy atom. The Morgan fingerprint density at radius 3 is 2.71 bits per heavy atom. The lowest BCUT2D eigenvalue weighted by Gasteiger charge is -2.12. The normalized spacial score (nSPS) is 10.2. The van der Waals surface area contributed by atoms with Crippen molar-refractivity contribution in [1.82, 2.24) is 25.3 Å². The quantitative estimate of drug-likeness (QED) is 0.363. The lowest BCUT2D eigenvalue weighted by molar-refractivity contribution is 0.0958. The molecule has 0 aliphatic rings. The molecule has 0 spiro atoms. The first-order chi connectivity index (χ1) is 13.5. The molecule has 3 heterocycles. The summed E-state index contributed by atoms with van der Waals surface area (Å²) in [6.45, 7) is 3.85. The van der Waals surface area contributed by atoms with Crippen LogP contribution >= 0.6 is 0 Å². The zero-order chi connectivity index (χ0) is 19.9. The van der Waals surface area contributed by atoms with E-state index in [1.807, 2.05) is 0 Å². The molecule has 142 valence electrons. The van der Waals surface area contributed by atoms with Crippen molar-refractivity contribution < 1.29 is 9.18 Å². The maximum absolute atomic E-state index is 13.0. The molecule has 3 aromatic rings. The van der Waals surface area contributed by atoms with Crippen LogP contribution in [0.1, 0.15) is 10.4 Å². The second-order valence-corrected chi connectivity index (χ2v) is 5.52. The number of carbonyl (C=O) groups excluding carboxylic acids is 1. The average molecular weight is 380 g/mol. The van der Waals surface area contributed by atoms with Gasteiger partial charge in [-0.05, 0) is 24.3 Å². The Kier molecular flexibility index (Phi) is 5.70. The van der Waals surface area contributed by atoms with Gasteiger partial charge in [0.2, 0.25) is 11.9 Å². The van der Waals surface area contributed by atoms with Gasteiger partial charge in [-0.25, -0.2) is 15.0 Å². The van der Waals surface area contributed by atoms with Crippen molar-refractivity contribution in [3.63, 3.8) is 0 Å². The summed E-state index contributed by atoms with van der Waals surface area (Å²) in [5, 5.41) is 8.52. The van der Waals surface area contributed by atoms with Gasteiger partial charge in [0, 0.05) is 12.7 Å². The van der Waals surface area contributed by atoms with Crippen molar-refractivity contribution in [1.29, 1.82) is 0 Å². The van der Waals surface area contributed by atoms with E-state index in [-0.39, 0.29) is 29.8 Å². The van der Waals surface area contributed by atoms with Gasteiger partial charge in [-0.3, -0.25) is 4.79 Å². The topological polar surface area (TPSA) is 131 Å². The van der Waals surface area contributed by atoms with Crippen LogP contribution in [0.3, 0.4) is 0 Å². The highest BCUT2D eigenvalue weighted by molar-refractivity contribution is 5.99. The first-order valence-corrected chi connectivity index (χ1v) is 8.19. The van der Waals surface area contributed by atoms with Crippen molar-refractivity contribution in [2.45, 2.75) is 0 Å². The maximum atomic E-state index is 13.0. The Balaban J connectivity index is 1.92. The minimum Gasteiger partial charge on any atom is -0.384 e. The number of halogens is 1. The second-order valence-electron chi connectivity index (χ2n) is 5.52. The van der Waals surface area contributed by atoms with Crippen LogP contribution in [-0.2, 0) is 0 Å². The molecule has 3 aromatic heterocycles. The van der Waals surface area contributed by atoms with E-state index < -0.39 is 5.95 Å². The number of aromatic nitrogens is 4. The van der Waals surface area contributed by atoms with Crippen molar-refractivity contribution >= 4 is 35.0 Å². The first-order valence-electron chi connectivity index (χ1n) is 8.19. The Hall–Kier alpha value is -4.08. The molecular formula is C18H17FN8O. The number of hydrogen-bond acceptors (Lipinski definition) is 8. The van der Waals surface area contributed by atoms with Gasteiger partial charge in [0.1, 0.15) is 23.0 Å². The van der Waals surface area contributed by atoms with Crippen molar-refractivity contribution in [2.75, 3.05) is 22.9 Å². The molecule has 0 atom stereocenters. The van der Waals surface area contributed by atoms with Crippen molar-refractivity contribution in [3.05, 3.63) is 66.9 Å². The largest absolute Gasteiger partial charge is 0.384 e. The second kappa shape index (κ2) is 8.54. The van der Waals surface area contributed by atoms with Gasteiger partial charge in [-0.1, -0.05) is 12.1 Å². The van der Waals surface area contributed by atoms with Gasteiger partial charge in [0.25, 0.3) is 5.91 Å². The fourth-order valence-corrected chi connectivity index (χ4v) is 2.18. The Labute approximate surface area is 160 Å². The number of pyridine rings is 2. The number of nitrogens with two attached hydrogens (primary N) is 1. The van der Waals surface area contributed by atoms with E-state index in [1.54, 1.807) is 24.3 Å². The number of anilines is 5. The Bertz CT molecular complexity index is 993. The number of rotatable bonds is 7. The third kappa shape index (κ3) is 4.75. The summed E-state index contributed by atoms with van der Waals surface area (Å²) in [5.74, 6) is 0.128. The number of hydrogen-bond donors (Lipinski definition) is 4. The van der Waals surface area contributed by atoms with Crippen LogP contribution in [0.15, 0.2) is 55.4 Å². The van der Waals surface area contributed by atoms with E-state index in [0.29, 0.717) is 17.3 Å². The van der Waals surface area contributed by atoms with E-state index in [1.165, 1.54) is 24.5 Å². The minimum atomic E-state index is -0.601.